The van der Waals surface area contributed by atoms with Crippen LogP contribution in [0.25, 0.3) is 0 Å². The van der Waals surface area contributed by atoms with Gasteiger partial charge in [0.25, 0.3) is 0 Å². The van der Waals surface area contributed by atoms with Gasteiger partial charge in [0.05, 0.1) is 11.7 Å². The molecule has 0 aliphatic carbocycles. The summed E-state index contributed by atoms with van der Waals surface area (Å²) in [5.41, 5.74) is -0.207. The molecule has 1 aromatic carbocycles. The number of ether oxygens (including phenoxy) is 1. The van der Waals surface area contributed by atoms with Crippen molar-refractivity contribution >= 4 is 15.9 Å². The van der Waals surface area contributed by atoms with Crippen molar-refractivity contribution in [2.24, 2.45) is 0 Å². The predicted octanol–water partition coefficient (Wildman–Crippen LogP) is 2.92. The van der Waals surface area contributed by atoms with Gasteiger partial charge in [-0.3, -0.25) is 0 Å². The molecule has 0 radical (unpaired) electrons. The number of aliphatic hydroxyl groups is 1. The van der Waals surface area contributed by atoms with Crippen LogP contribution in [0.3, 0.4) is 0 Å². The normalized spacial score (nSPS) is 13.9. The summed E-state index contributed by atoms with van der Waals surface area (Å²) >= 11 is 3.27. The van der Waals surface area contributed by atoms with E-state index < -0.39 is 11.7 Å². The first-order chi connectivity index (χ1) is 7.36. The molecule has 0 bridgehead atoms. The van der Waals surface area contributed by atoms with Crippen molar-refractivity contribution in [2.45, 2.75) is 32.0 Å². The third-order valence-corrected chi connectivity index (χ3v) is 3.24. The second-order valence-corrected chi connectivity index (χ2v) is 5.18. The summed E-state index contributed by atoms with van der Waals surface area (Å²) in [7, 11) is 1.53. The van der Waals surface area contributed by atoms with E-state index in [2.05, 4.69) is 15.9 Å². The van der Waals surface area contributed by atoms with Crippen LogP contribution in [0.4, 0.5) is 4.39 Å². The molecule has 0 amide bonds. The van der Waals surface area contributed by atoms with Gasteiger partial charge in [0.15, 0.2) is 0 Å². The fourth-order valence-corrected chi connectivity index (χ4v) is 1.70. The lowest BCUT2D eigenvalue weighted by Crippen LogP contribution is -2.39. The van der Waals surface area contributed by atoms with Crippen LogP contribution in [-0.4, -0.2) is 23.9 Å². The van der Waals surface area contributed by atoms with Crippen molar-refractivity contribution in [1.82, 2.24) is 0 Å². The Kier molecular flexibility index (Phi) is 4.47. The maximum Gasteiger partial charge on any atom is 0.126 e. The van der Waals surface area contributed by atoms with Crippen molar-refractivity contribution in [1.29, 1.82) is 0 Å². The number of hydrogen-bond donors (Lipinski definition) is 1. The number of hydrogen-bond acceptors (Lipinski definition) is 2. The Hall–Kier alpha value is -0.450. The summed E-state index contributed by atoms with van der Waals surface area (Å²) in [5.74, 6) is -0.311. The van der Waals surface area contributed by atoms with E-state index in [-0.39, 0.29) is 12.2 Å². The molecule has 1 N–H and O–H groups in total. The zero-order valence-corrected chi connectivity index (χ0v) is 11.2. The molecule has 0 saturated carbocycles. The highest BCUT2D eigenvalue weighted by Gasteiger charge is 2.28. The van der Waals surface area contributed by atoms with E-state index in [1.54, 1.807) is 26.0 Å². The van der Waals surface area contributed by atoms with E-state index in [9.17, 15) is 9.50 Å². The number of aliphatic hydroxyl groups excluding tert-OH is 1. The molecule has 0 aliphatic rings. The van der Waals surface area contributed by atoms with Crippen LogP contribution < -0.4 is 0 Å². The Morgan fingerprint density at radius 1 is 1.50 bits per heavy atom. The minimum absolute atomic E-state index is 0.228. The Labute approximate surface area is 104 Å². The fourth-order valence-electron chi connectivity index (χ4n) is 1.29. The number of rotatable bonds is 4. The molecular formula is C12H16BrFO2. The van der Waals surface area contributed by atoms with Gasteiger partial charge in [0, 0.05) is 18.0 Å². The highest BCUT2D eigenvalue weighted by atomic mass is 79.9. The lowest BCUT2D eigenvalue weighted by atomic mass is 9.95. The van der Waals surface area contributed by atoms with Gasteiger partial charge in [0.1, 0.15) is 5.82 Å². The Morgan fingerprint density at radius 3 is 2.69 bits per heavy atom. The second-order valence-electron chi connectivity index (χ2n) is 4.26. The van der Waals surface area contributed by atoms with E-state index in [1.807, 2.05) is 0 Å². The lowest BCUT2D eigenvalue weighted by Gasteiger charge is -2.29. The summed E-state index contributed by atoms with van der Waals surface area (Å²) in [5, 5.41) is 9.94. The third-order valence-electron chi connectivity index (χ3n) is 2.75. The highest BCUT2D eigenvalue weighted by molar-refractivity contribution is 9.10. The zero-order chi connectivity index (χ0) is 12.3. The van der Waals surface area contributed by atoms with Crippen LogP contribution in [0.5, 0.6) is 0 Å². The summed E-state index contributed by atoms with van der Waals surface area (Å²) in [4.78, 5) is 0. The largest absolute Gasteiger partial charge is 0.390 e. The molecule has 0 heterocycles. The minimum Gasteiger partial charge on any atom is -0.390 e. The Balaban J connectivity index is 2.84. The third kappa shape index (κ3) is 3.27. The molecule has 0 fully saturated rings. The molecule has 90 valence electrons. The van der Waals surface area contributed by atoms with Gasteiger partial charge in [-0.15, -0.1) is 0 Å². The number of benzene rings is 1. The standard InChI is InChI=1S/C12H16BrFO2/c1-12(2,16-3)11(15)7-8-6-9(13)4-5-10(8)14/h4-6,11,15H,7H2,1-3H3. The molecule has 1 rings (SSSR count). The maximum atomic E-state index is 13.4. The van der Waals surface area contributed by atoms with E-state index in [4.69, 9.17) is 4.74 Å². The van der Waals surface area contributed by atoms with Crippen LogP contribution in [-0.2, 0) is 11.2 Å². The molecule has 2 nitrogen and oxygen atoms in total. The molecule has 0 aromatic heterocycles. The molecule has 1 aromatic rings. The SMILES string of the molecule is COC(C)(C)C(O)Cc1cc(Br)ccc1F. The summed E-state index contributed by atoms with van der Waals surface area (Å²) in [6.45, 7) is 3.54. The van der Waals surface area contributed by atoms with Gasteiger partial charge in [-0.05, 0) is 37.6 Å². The fraction of sp³-hybridized carbons (Fsp3) is 0.500. The van der Waals surface area contributed by atoms with Crippen LogP contribution in [0.15, 0.2) is 22.7 Å². The monoisotopic (exact) mass is 290 g/mol. The molecule has 1 atom stereocenters. The van der Waals surface area contributed by atoms with Gasteiger partial charge >= 0.3 is 0 Å². The van der Waals surface area contributed by atoms with Crippen LogP contribution in [0.2, 0.25) is 0 Å². The molecule has 16 heavy (non-hydrogen) atoms. The Bertz CT molecular complexity index is 366. The summed E-state index contributed by atoms with van der Waals surface area (Å²) < 4.78 is 19.4. The molecule has 0 saturated heterocycles. The van der Waals surface area contributed by atoms with E-state index >= 15 is 0 Å². The smallest absolute Gasteiger partial charge is 0.126 e. The van der Waals surface area contributed by atoms with Gasteiger partial charge < -0.3 is 9.84 Å². The average Bonchev–Trinajstić information content (AvgIpc) is 2.23. The average molecular weight is 291 g/mol. The zero-order valence-electron chi connectivity index (χ0n) is 9.63. The maximum absolute atomic E-state index is 13.4. The number of methoxy groups -OCH3 is 1. The summed E-state index contributed by atoms with van der Waals surface area (Å²) in [6, 6.07) is 4.68. The summed E-state index contributed by atoms with van der Waals surface area (Å²) in [6.07, 6.45) is -0.521. The van der Waals surface area contributed by atoms with Crippen LogP contribution in [0, 0.1) is 5.82 Å². The minimum atomic E-state index is -0.749. The van der Waals surface area contributed by atoms with Gasteiger partial charge in [-0.2, -0.15) is 0 Å². The van der Waals surface area contributed by atoms with Crippen molar-refractivity contribution < 1.29 is 14.2 Å². The van der Waals surface area contributed by atoms with Crippen LogP contribution >= 0.6 is 15.9 Å². The van der Waals surface area contributed by atoms with Gasteiger partial charge in [-0.1, -0.05) is 15.9 Å². The molecule has 0 aliphatic heterocycles. The first-order valence-corrected chi connectivity index (χ1v) is 5.83. The molecule has 1 unspecified atom stereocenters. The predicted molar refractivity (Wildman–Crippen MR) is 64.9 cm³/mol. The van der Waals surface area contributed by atoms with Crippen molar-refractivity contribution in [2.75, 3.05) is 7.11 Å². The Morgan fingerprint density at radius 2 is 2.12 bits per heavy atom. The number of halogens is 2. The first kappa shape index (κ1) is 13.6. The van der Waals surface area contributed by atoms with Gasteiger partial charge in [-0.25, -0.2) is 4.39 Å². The topological polar surface area (TPSA) is 29.5 Å². The molecule has 4 heteroatoms. The second kappa shape index (κ2) is 5.25. The van der Waals surface area contributed by atoms with E-state index in [0.29, 0.717) is 5.56 Å². The lowest BCUT2D eigenvalue weighted by molar-refractivity contribution is -0.0767. The molecular weight excluding hydrogens is 275 g/mol. The first-order valence-electron chi connectivity index (χ1n) is 5.04. The highest BCUT2D eigenvalue weighted by Crippen LogP contribution is 2.22. The van der Waals surface area contributed by atoms with Crippen molar-refractivity contribution in [3.8, 4) is 0 Å². The molecule has 0 spiro atoms. The van der Waals surface area contributed by atoms with Crippen molar-refractivity contribution in [3.05, 3.63) is 34.1 Å². The van der Waals surface area contributed by atoms with E-state index in [0.717, 1.165) is 4.47 Å². The quantitative estimate of drug-likeness (QED) is 0.924. The van der Waals surface area contributed by atoms with Crippen LogP contribution in [0.1, 0.15) is 19.4 Å². The van der Waals surface area contributed by atoms with E-state index in [1.165, 1.54) is 13.2 Å². The van der Waals surface area contributed by atoms with Gasteiger partial charge in [0.2, 0.25) is 0 Å². The van der Waals surface area contributed by atoms with Crippen molar-refractivity contribution in [3.63, 3.8) is 0 Å².